The first-order chi connectivity index (χ1) is 14.1. The lowest BCUT2D eigenvalue weighted by Crippen LogP contribution is -2.11. The average molecular weight is 416 g/mol. The van der Waals surface area contributed by atoms with Crippen molar-refractivity contribution in [1.82, 2.24) is 4.57 Å². The summed E-state index contributed by atoms with van der Waals surface area (Å²) >= 11 is 7.76. The summed E-state index contributed by atoms with van der Waals surface area (Å²) < 4.78 is 2.23. The summed E-state index contributed by atoms with van der Waals surface area (Å²) in [5, 5.41) is 4.54. The molecule has 5 heteroatoms. The lowest BCUT2D eigenvalue weighted by atomic mass is 10.0. The van der Waals surface area contributed by atoms with Gasteiger partial charge in [-0.25, -0.2) is 0 Å². The van der Waals surface area contributed by atoms with E-state index in [1.165, 1.54) is 4.88 Å². The predicted molar refractivity (Wildman–Crippen MR) is 121 cm³/mol. The van der Waals surface area contributed by atoms with Crippen LogP contribution in [0.5, 0.6) is 0 Å². The fourth-order valence-corrected chi connectivity index (χ4v) is 4.62. The van der Waals surface area contributed by atoms with Crippen LogP contribution in [0.25, 0.3) is 32.9 Å². The van der Waals surface area contributed by atoms with Crippen molar-refractivity contribution in [2.24, 2.45) is 5.73 Å². The Balaban J connectivity index is 1.81. The van der Waals surface area contributed by atoms with Gasteiger partial charge in [-0.1, -0.05) is 35.9 Å². The van der Waals surface area contributed by atoms with E-state index >= 15 is 0 Å². The third-order valence-corrected chi connectivity index (χ3v) is 6.24. The third kappa shape index (κ3) is 3.11. The lowest BCUT2D eigenvalue weighted by Gasteiger charge is -2.08. The second kappa shape index (κ2) is 7.07. The van der Waals surface area contributed by atoms with E-state index in [1.807, 2.05) is 48.5 Å². The molecule has 5 rings (SSSR count). The zero-order valence-corrected chi connectivity index (χ0v) is 16.9. The minimum absolute atomic E-state index is 0.430. The number of carbonyl (C=O) groups is 1. The van der Waals surface area contributed by atoms with Crippen molar-refractivity contribution in [1.29, 1.82) is 0 Å². The van der Waals surface area contributed by atoms with Crippen molar-refractivity contribution < 1.29 is 4.79 Å². The Hall–Kier alpha value is -3.08. The molecule has 2 heterocycles. The van der Waals surface area contributed by atoms with Crippen LogP contribution in [-0.2, 0) is 6.54 Å². The summed E-state index contributed by atoms with van der Waals surface area (Å²) in [7, 11) is 0. The normalized spacial score (nSPS) is 11.3. The van der Waals surface area contributed by atoms with Crippen LogP contribution < -0.4 is 5.73 Å². The Morgan fingerprint density at radius 1 is 1.03 bits per heavy atom. The number of fused-ring (bicyclic) bond motifs is 3. The number of primary amides is 1. The van der Waals surface area contributed by atoms with Crippen molar-refractivity contribution in [3.63, 3.8) is 0 Å². The first-order valence-electron chi connectivity index (χ1n) is 9.16. The van der Waals surface area contributed by atoms with Gasteiger partial charge in [0.05, 0.1) is 17.6 Å². The quantitative estimate of drug-likeness (QED) is 0.377. The molecule has 3 aromatic carbocycles. The molecule has 0 aliphatic carbocycles. The third-order valence-electron chi connectivity index (χ3n) is 5.13. The molecule has 1 radical (unpaired) electrons. The van der Waals surface area contributed by atoms with E-state index in [9.17, 15) is 4.79 Å². The van der Waals surface area contributed by atoms with Crippen LogP contribution in [0.1, 0.15) is 15.2 Å². The SMILES string of the molecule is NC(=O)c1cccc2c1c1[c]cc(-c3ccc(Cl)cc3)cc1n2Cc1cccs1. The van der Waals surface area contributed by atoms with Gasteiger partial charge in [-0.15, -0.1) is 11.3 Å². The van der Waals surface area contributed by atoms with Gasteiger partial charge in [-0.2, -0.15) is 0 Å². The largest absolute Gasteiger partial charge is 0.366 e. The number of nitrogens with zero attached hydrogens (tertiary/aromatic N) is 1. The molecule has 2 aromatic heterocycles. The maximum atomic E-state index is 12.1. The first kappa shape index (κ1) is 18.0. The van der Waals surface area contributed by atoms with Gasteiger partial charge in [0, 0.05) is 26.2 Å². The van der Waals surface area contributed by atoms with Crippen LogP contribution in [0, 0.1) is 6.07 Å². The highest BCUT2D eigenvalue weighted by molar-refractivity contribution is 7.09. The van der Waals surface area contributed by atoms with Crippen LogP contribution in [0.3, 0.4) is 0 Å². The topological polar surface area (TPSA) is 48.0 Å². The van der Waals surface area contributed by atoms with Gasteiger partial charge in [0.15, 0.2) is 0 Å². The standard InChI is InChI=1S/C24H16ClN2OS/c25-17-9-6-15(7-10-17)16-8-11-19-22(13-16)27(14-18-3-2-12-29-18)21-5-1-4-20(23(19)21)24(26)28/h1-10,12-13H,14H2,(H2,26,28). The fourth-order valence-electron chi connectivity index (χ4n) is 3.80. The number of aromatic nitrogens is 1. The number of nitrogens with two attached hydrogens (primary N) is 1. The van der Waals surface area contributed by atoms with E-state index in [-0.39, 0.29) is 0 Å². The van der Waals surface area contributed by atoms with E-state index in [4.69, 9.17) is 17.3 Å². The van der Waals surface area contributed by atoms with Crippen LogP contribution >= 0.6 is 22.9 Å². The second-order valence-electron chi connectivity index (χ2n) is 6.88. The van der Waals surface area contributed by atoms with Crippen molar-refractivity contribution in [2.45, 2.75) is 6.54 Å². The minimum atomic E-state index is -0.430. The molecule has 0 bridgehead atoms. The van der Waals surface area contributed by atoms with Crippen molar-refractivity contribution in [2.75, 3.05) is 0 Å². The number of rotatable bonds is 4. The average Bonchev–Trinajstić information content (AvgIpc) is 3.35. The Labute approximate surface area is 177 Å². The van der Waals surface area contributed by atoms with E-state index in [0.717, 1.165) is 39.5 Å². The van der Waals surface area contributed by atoms with Gasteiger partial charge in [0.25, 0.3) is 0 Å². The summed E-state index contributed by atoms with van der Waals surface area (Å²) in [6.07, 6.45) is 0. The highest BCUT2D eigenvalue weighted by Gasteiger charge is 2.17. The number of benzene rings is 3. The first-order valence-corrected chi connectivity index (χ1v) is 10.4. The number of halogens is 1. The molecule has 0 saturated heterocycles. The molecule has 0 aliphatic rings. The van der Waals surface area contributed by atoms with Crippen LogP contribution in [0.15, 0.2) is 72.1 Å². The summed E-state index contributed by atoms with van der Waals surface area (Å²) in [5.74, 6) is -0.430. The van der Waals surface area contributed by atoms with Crippen molar-refractivity contribution in [3.05, 3.63) is 93.6 Å². The molecule has 0 unspecified atom stereocenters. The maximum Gasteiger partial charge on any atom is 0.249 e. The number of hydrogen-bond acceptors (Lipinski definition) is 2. The summed E-state index contributed by atoms with van der Waals surface area (Å²) in [4.78, 5) is 13.3. The number of thiophene rings is 1. The molecule has 0 spiro atoms. The molecule has 1 amide bonds. The monoisotopic (exact) mass is 415 g/mol. The molecular weight excluding hydrogens is 400 g/mol. The predicted octanol–water partition coefficient (Wildman–Crippen LogP) is 6.12. The maximum absolute atomic E-state index is 12.1. The molecule has 0 fully saturated rings. The van der Waals surface area contributed by atoms with E-state index in [0.29, 0.717) is 10.6 Å². The number of carbonyl (C=O) groups excluding carboxylic acids is 1. The molecule has 2 N–H and O–H groups in total. The highest BCUT2D eigenvalue weighted by atomic mass is 35.5. The van der Waals surface area contributed by atoms with Gasteiger partial charge in [-0.3, -0.25) is 4.79 Å². The Morgan fingerprint density at radius 2 is 1.86 bits per heavy atom. The zero-order chi connectivity index (χ0) is 20.0. The minimum Gasteiger partial charge on any atom is -0.366 e. The summed E-state index contributed by atoms with van der Waals surface area (Å²) in [6, 6.07) is 25.1. The van der Waals surface area contributed by atoms with Gasteiger partial charge in [0.1, 0.15) is 0 Å². The molecule has 141 valence electrons. The number of hydrogen-bond donors (Lipinski definition) is 1. The van der Waals surface area contributed by atoms with Gasteiger partial charge >= 0.3 is 0 Å². The zero-order valence-electron chi connectivity index (χ0n) is 15.4. The summed E-state index contributed by atoms with van der Waals surface area (Å²) in [5.41, 5.74) is 10.3. The smallest absolute Gasteiger partial charge is 0.249 e. The molecule has 3 nitrogen and oxygen atoms in total. The Bertz CT molecular complexity index is 1350. The van der Waals surface area contributed by atoms with Crippen LogP contribution in [0.4, 0.5) is 0 Å². The van der Waals surface area contributed by atoms with Crippen LogP contribution in [0.2, 0.25) is 5.02 Å². The highest BCUT2D eigenvalue weighted by Crippen LogP contribution is 2.35. The van der Waals surface area contributed by atoms with Crippen molar-refractivity contribution >= 4 is 50.7 Å². The molecule has 5 aromatic rings. The Kier molecular flexibility index (Phi) is 4.38. The van der Waals surface area contributed by atoms with Gasteiger partial charge < -0.3 is 10.3 Å². The van der Waals surface area contributed by atoms with Gasteiger partial charge in [0.2, 0.25) is 5.91 Å². The fraction of sp³-hybridized carbons (Fsp3) is 0.0417. The number of amides is 1. The molecule has 0 saturated carbocycles. The van der Waals surface area contributed by atoms with Crippen LogP contribution in [-0.4, -0.2) is 10.5 Å². The van der Waals surface area contributed by atoms with E-state index in [1.54, 1.807) is 17.4 Å². The molecule has 0 atom stereocenters. The van der Waals surface area contributed by atoms with E-state index < -0.39 is 5.91 Å². The molecule has 29 heavy (non-hydrogen) atoms. The van der Waals surface area contributed by atoms with E-state index in [2.05, 4.69) is 28.1 Å². The summed E-state index contributed by atoms with van der Waals surface area (Å²) in [6.45, 7) is 0.720. The second-order valence-corrected chi connectivity index (χ2v) is 8.35. The Morgan fingerprint density at radius 3 is 2.59 bits per heavy atom. The lowest BCUT2D eigenvalue weighted by molar-refractivity contribution is 0.100. The van der Waals surface area contributed by atoms with Crippen molar-refractivity contribution in [3.8, 4) is 11.1 Å². The molecule has 0 aliphatic heterocycles. The molecular formula is C24H16ClN2OS. The van der Waals surface area contributed by atoms with Gasteiger partial charge in [-0.05, 0) is 65.0 Å².